The summed E-state index contributed by atoms with van der Waals surface area (Å²) in [6.07, 6.45) is 5.23. The lowest BCUT2D eigenvalue weighted by Crippen LogP contribution is -2.61. The Kier molecular flexibility index (Phi) is 25.7. The third-order valence-corrected chi connectivity index (χ3v) is 12.6. The second-order valence-corrected chi connectivity index (χ2v) is 18.7. The van der Waals surface area contributed by atoms with E-state index in [4.69, 9.17) is 22.9 Å². The highest BCUT2D eigenvalue weighted by Gasteiger charge is 2.40. The molecule has 2 aliphatic heterocycles. The largest absolute Gasteiger partial charge is 0.508 e. The van der Waals surface area contributed by atoms with Crippen LogP contribution in [0.25, 0.3) is 0 Å². The molecule has 2 aliphatic rings. The number of primary amides is 4. The van der Waals surface area contributed by atoms with Gasteiger partial charge in [0.15, 0.2) is 0 Å². The Morgan fingerprint density at radius 3 is 1.57 bits per heavy atom. The number of rotatable bonds is 22. The Hall–Kier alpha value is -7.38. The van der Waals surface area contributed by atoms with Crippen LogP contribution in [0.1, 0.15) is 122 Å². The summed E-state index contributed by atoms with van der Waals surface area (Å²) in [6.45, 7) is 0.670. The molecule has 0 spiro atoms. The third-order valence-electron chi connectivity index (χ3n) is 12.6. The average Bonchev–Trinajstić information content (AvgIpc) is 3.83. The second kappa shape index (κ2) is 31.3. The monoisotopic (exact) mass is 1040 g/mol. The second-order valence-electron chi connectivity index (χ2n) is 18.7. The molecule has 2 heterocycles. The molecule has 74 heavy (non-hydrogen) atoms. The predicted octanol–water partition coefficient (Wildman–Crippen LogP) is -3.61. The average molecular weight is 1040 g/mol. The van der Waals surface area contributed by atoms with Gasteiger partial charge in [0.1, 0.15) is 48.0 Å². The lowest BCUT2D eigenvalue weighted by atomic mass is 9.97. The van der Waals surface area contributed by atoms with Crippen LogP contribution in [0.4, 0.5) is 0 Å². The number of hydrogen-bond acceptors (Lipinski definition) is 14. The summed E-state index contributed by atoms with van der Waals surface area (Å²) < 4.78 is 0. The zero-order valence-electron chi connectivity index (χ0n) is 41.8. The van der Waals surface area contributed by atoms with Gasteiger partial charge in [-0.3, -0.25) is 57.5 Å². The molecule has 2 fully saturated rings. The number of carbonyl (C=O) groups is 12. The lowest BCUT2D eigenvalue weighted by Gasteiger charge is -2.30. The molecule has 0 unspecified atom stereocenters. The summed E-state index contributed by atoms with van der Waals surface area (Å²) in [6, 6.07) is -6.47. The van der Waals surface area contributed by atoms with E-state index in [9.17, 15) is 67.7 Å². The first-order valence-electron chi connectivity index (χ1n) is 25.1. The van der Waals surface area contributed by atoms with E-state index in [0.29, 0.717) is 24.8 Å². The molecule has 3 rings (SSSR count). The van der Waals surface area contributed by atoms with Gasteiger partial charge in [0.2, 0.25) is 70.9 Å². The summed E-state index contributed by atoms with van der Waals surface area (Å²) in [5.74, 6) is -13.7. The Morgan fingerprint density at radius 1 is 0.554 bits per heavy atom. The van der Waals surface area contributed by atoms with Crippen LogP contribution in [0, 0.1) is 5.92 Å². The topological polar surface area (TPSA) is 437 Å². The van der Waals surface area contributed by atoms with Gasteiger partial charge in [0, 0.05) is 25.9 Å². The minimum absolute atomic E-state index is 0.0163. The number of aromatic hydroxyl groups is 1. The number of nitrogens with one attached hydrogen (secondary N) is 7. The number of nitrogens with two attached hydrogens (primary N) is 4. The van der Waals surface area contributed by atoms with Crippen molar-refractivity contribution >= 4 is 70.9 Å². The molecular formula is C48H74N12O14. The molecule has 0 saturated carbocycles. The highest BCUT2D eigenvalue weighted by molar-refractivity contribution is 6.00. The standard InChI is InChI=1S/C48H74N12O14/c1-2-3-4-5-6-7-8-9-10-12-28-25-53-47(73)36-13-11-20-60(36)48(74)34(24-40(52)66)58-46(72)35(26-61)59-42(68)30(18-19-37(49)63)54-44(70)33(23-39(51)65)57-43(69)31(21-27-14-16-29(62)17-15-27)56-45(71)32(22-38(50)64)55-41(28)67/h14-17,28,30-36,61-62H,2-13,18-26H2,1H3,(H2,49,63)(H2,50,64)(H2,51,65)(H2,52,66)(H,53,73)(H,54,70)(H,55,67)(H,56,71)(H,57,69)(H,58,72)(H,59,68)/t28-,30+,31-,32+,33+,34+,35+,36-/m1/s1. The molecule has 1 aromatic carbocycles. The van der Waals surface area contributed by atoms with Crippen molar-refractivity contribution in [3.8, 4) is 5.75 Å². The smallest absolute Gasteiger partial charge is 0.246 e. The zero-order valence-corrected chi connectivity index (χ0v) is 41.8. The van der Waals surface area contributed by atoms with Crippen molar-refractivity contribution in [3.05, 3.63) is 29.8 Å². The minimum atomic E-state index is -1.90. The van der Waals surface area contributed by atoms with E-state index in [0.717, 1.165) is 49.8 Å². The van der Waals surface area contributed by atoms with E-state index in [2.05, 4.69) is 44.1 Å². The molecule has 1 aromatic rings. The van der Waals surface area contributed by atoms with E-state index in [1.807, 2.05) is 0 Å². The number of aliphatic hydroxyl groups is 1. The summed E-state index contributed by atoms with van der Waals surface area (Å²) in [4.78, 5) is 162. The summed E-state index contributed by atoms with van der Waals surface area (Å²) in [7, 11) is 0. The van der Waals surface area contributed by atoms with Crippen LogP contribution < -0.4 is 60.2 Å². The number of aliphatic hydroxyl groups excluding tert-OH is 1. The predicted molar refractivity (Wildman–Crippen MR) is 263 cm³/mol. The third kappa shape index (κ3) is 21.0. The van der Waals surface area contributed by atoms with Gasteiger partial charge >= 0.3 is 0 Å². The molecule has 12 amide bonds. The number of phenols is 1. The van der Waals surface area contributed by atoms with Crippen LogP contribution in [0.15, 0.2) is 24.3 Å². The molecule has 17 N–H and O–H groups in total. The first kappa shape index (κ1) is 60.9. The number of phenolic OH excluding ortho intramolecular Hbond substituents is 1. The van der Waals surface area contributed by atoms with E-state index in [1.54, 1.807) is 0 Å². The van der Waals surface area contributed by atoms with Crippen molar-refractivity contribution in [1.82, 2.24) is 42.1 Å². The van der Waals surface area contributed by atoms with E-state index in [1.165, 1.54) is 24.3 Å². The molecule has 2 saturated heterocycles. The zero-order chi connectivity index (χ0) is 54.9. The fraction of sp³-hybridized carbons (Fsp3) is 0.625. The van der Waals surface area contributed by atoms with Crippen molar-refractivity contribution in [2.75, 3.05) is 19.7 Å². The summed E-state index contributed by atoms with van der Waals surface area (Å²) in [5, 5.41) is 37.0. The number of amides is 12. The van der Waals surface area contributed by atoms with Crippen LogP contribution in [-0.2, 0) is 64.0 Å². The van der Waals surface area contributed by atoms with Crippen LogP contribution in [0.5, 0.6) is 5.75 Å². The Bertz CT molecular complexity index is 2160. The van der Waals surface area contributed by atoms with Gasteiger partial charge < -0.3 is 75.3 Å². The van der Waals surface area contributed by atoms with Gasteiger partial charge in [-0.15, -0.1) is 0 Å². The summed E-state index contributed by atoms with van der Waals surface area (Å²) in [5.41, 5.74) is 22.1. The molecule has 26 heteroatoms. The van der Waals surface area contributed by atoms with Crippen LogP contribution in [0.2, 0.25) is 0 Å². The van der Waals surface area contributed by atoms with Gasteiger partial charge in [-0.05, 0) is 43.4 Å². The maximum Gasteiger partial charge on any atom is 0.246 e. The molecule has 0 radical (unpaired) electrons. The fourth-order valence-corrected chi connectivity index (χ4v) is 8.57. The number of benzene rings is 1. The van der Waals surface area contributed by atoms with Crippen LogP contribution in [0.3, 0.4) is 0 Å². The van der Waals surface area contributed by atoms with Crippen molar-refractivity contribution in [2.45, 2.75) is 165 Å². The first-order valence-corrected chi connectivity index (χ1v) is 25.1. The van der Waals surface area contributed by atoms with Crippen LogP contribution >= 0.6 is 0 Å². The minimum Gasteiger partial charge on any atom is -0.508 e. The highest BCUT2D eigenvalue weighted by atomic mass is 16.3. The van der Waals surface area contributed by atoms with Gasteiger partial charge in [-0.1, -0.05) is 76.8 Å². The molecule has 0 aliphatic carbocycles. The number of hydrogen-bond donors (Lipinski definition) is 13. The van der Waals surface area contributed by atoms with E-state index in [-0.39, 0.29) is 38.1 Å². The molecular weight excluding hydrogens is 969 g/mol. The van der Waals surface area contributed by atoms with Crippen molar-refractivity contribution in [1.29, 1.82) is 0 Å². The van der Waals surface area contributed by atoms with E-state index >= 15 is 0 Å². The first-order chi connectivity index (χ1) is 35.1. The SMILES string of the molecule is CCCCCCCCCCC[C@@H]1CNC(=O)[C@H]2CCCN2C(=O)[C@H](CC(N)=O)NC(=O)[C@H](CO)NC(=O)[C@H](CCC(N)=O)NC(=O)[C@H](CC(N)=O)NC(=O)[C@@H](Cc2ccc(O)cc2)NC(=O)[C@H](CC(N)=O)NC1=O. The number of nitrogens with zero attached hydrogens (tertiary/aromatic N) is 1. The van der Waals surface area contributed by atoms with Crippen molar-refractivity contribution in [3.63, 3.8) is 0 Å². The number of unbranched alkanes of at least 4 members (excludes halogenated alkanes) is 8. The molecule has 410 valence electrons. The van der Waals surface area contributed by atoms with Crippen LogP contribution in [-0.4, -0.2) is 148 Å². The maximum atomic E-state index is 14.2. The number of fused-ring (bicyclic) bond motifs is 1. The Balaban J connectivity index is 2.14. The normalized spacial score (nSPS) is 24.1. The highest BCUT2D eigenvalue weighted by Crippen LogP contribution is 2.21. The number of carbonyl (C=O) groups excluding carboxylic acids is 12. The Labute approximate surface area is 428 Å². The Morgan fingerprint density at radius 2 is 1.01 bits per heavy atom. The van der Waals surface area contributed by atoms with Gasteiger partial charge in [-0.2, -0.15) is 0 Å². The summed E-state index contributed by atoms with van der Waals surface area (Å²) >= 11 is 0. The lowest BCUT2D eigenvalue weighted by molar-refractivity contribution is -0.143. The maximum absolute atomic E-state index is 14.2. The van der Waals surface area contributed by atoms with E-state index < -0.39 is 158 Å². The van der Waals surface area contributed by atoms with Gasteiger partial charge in [0.25, 0.3) is 0 Å². The van der Waals surface area contributed by atoms with Gasteiger partial charge in [-0.25, -0.2) is 0 Å². The molecule has 8 atom stereocenters. The molecule has 26 nitrogen and oxygen atoms in total. The fourth-order valence-electron chi connectivity index (χ4n) is 8.57. The van der Waals surface area contributed by atoms with Gasteiger partial charge in [0.05, 0.1) is 31.8 Å². The molecule has 0 aromatic heterocycles. The molecule has 0 bridgehead atoms. The van der Waals surface area contributed by atoms with Crippen molar-refractivity contribution in [2.24, 2.45) is 28.9 Å². The van der Waals surface area contributed by atoms with Crippen molar-refractivity contribution < 1.29 is 67.7 Å². The quantitative estimate of drug-likeness (QED) is 0.0499.